The molecule has 252 valence electrons. The van der Waals surface area contributed by atoms with E-state index < -0.39 is 24.2 Å². The quantitative estimate of drug-likeness (QED) is 0.167. The number of rotatable bonds is 5. The summed E-state index contributed by atoms with van der Waals surface area (Å²) in [5, 5.41) is 3.42. The number of benzene rings is 9. The first-order chi connectivity index (χ1) is 30.1. The van der Waals surface area contributed by atoms with Crippen LogP contribution in [-0.4, -0.2) is 0 Å². The summed E-state index contributed by atoms with van der Waals surface area (Å²) in [5.41, 5.74) is 8.55. The summed E-state index contributed by atoms with van der Waals surface area (Å²) in [7, 11) is 0. The predicted molar refractivity (Wildman–Crippen MR) is 226 cm³/mol. The van der Waals surface area contributed by atoms with E-state index in [1.807, 2.05) is 103 Å². The molecule has 11 aromatic rings. The number of furan rings is 2. The molecule has 0 saturated carbocycles. The van der Waals surface area contributed by atoms with E-state index in [9.17, 15) is 5.48 Å². The van der Waals surface area contributed by atoms with Crippen molar-refractivity contribution in [1.82, 2.24) is 0 Å². The van der Waals surface area contributed by atoms with Crippen molar-refractivity contribution in [2.75, 3.05) is 0 Å². The lowest BCUT2D eigenvalue weighted by Crippen LogP contribution is -1.90. The van der Waals surface area contributed by atoms with E-state index in [4.69, 9.17) is 14.3 Å². The standard InChI is InChI=1S/C52H32O2/c1-4-15-34(16-5-1)48-39-21-10-12-23-41(39)49(42-24-13-11-22-40(42)48)36-29-27-33(28-30-36)38-25-14-26-45-51(38)44-32-47-43(31-46(44)53-45)50(35-17-6-2-7-18-35)52(54-47)37-19-8-3-9-20-37/h1-32H/i10D,11D,12D,13D,21D,22D,23D,24D. The first kappa shape index (κ1) is 23.4. The largest absolute Gasteiger partial charge is 0.456 e. The van der Waals surface area contributed by atoms with Crippen molar-refractivity contribution in [1.29, 1.82) is 0 Å². The molecule has 0 radical (unpaired) electrons. The lowest BCUT2D eigenvalue weighted by Gasteiger charge is -2.18. The van der Waals surface area contributed by atoms with Crippen LogP contribution in [0.15, 0.2) is 203 Å². The van der Waals surface area contributed by atoms with Crippen molar-refractivity contribution in [3.05, 3.63) is 194 Å². The minimum absolute atomic E-state index is 0.176. The second-order valence-corrected chi connectivity index (χ2v) is 13.4. The fourth-order valence-corrected chi connectivity index (χ4v) is 7.96. The third kappa shape index (κ3) is 4.74. The maximum absolute atomic E-state index is 9.27. The zero-order valence-electron chi connectivity index (χ0n) is 36.7. The Balaban J connectivity index is 1.15. The molecule has 0 aliphatic heterocycles. The summed E-state index contributed by atoms with van der Waals surface area (Å²) in [5.74, 6) is 0.770. The highest BCUT2D eigenvalue weighted by atomic mass is 16.3. The van der Waals surface area contributed by atoms with Crippen LogP contribution in [-0.2, 0) is 0 Å². The Labute approximate surface area is 323 Å². The van der Waals surface area contributed by atoms with Gasteiger partial charge in [-0.2, -0.15) is 0 Å². The molecule has 2 nitrogen and oxygen atoms in total. The molecule has 9 aromatic carbocycles. The molecule has 0 fully saturated rings. The minimum atomic E-state index is -0.435. The normalized spacial score (nSPS) is 13.8. The van der Waals surface area contributed by atoms with Gasteiger partial charge < -0.3 is 8.83 Å². The topological polar surface area (TPSA) is 26.3 Å². The van der Waals surface area contributed by atoms with Gasteiger partial charge in [-0.1, -0.05) is 176 Å². The Bertz CT molecular complexity index is 3560. The van der Waals surface area contributed by atoms with E-state index in [0.29, 0.717) is 33.4 Å². The molecule has 0 aliphatic carbocycles. The summed E-state index contributed by atoms with van der Waals surface area (Å²) >= 11 is 0. The Kier molecular flexibility index (Phi) is 5.30. The van der Waals surface area contributed by atoms with Gasteiger partial charge in [0.15, 0.2) is 0 Å². The van der Waals surface area contributed by atoms with E-state index >= 15 is 0 Å². The van der Waals surface area contributed by atoms with Gasteiger partial charge in [-0.05, 0) is 78.7 Å². The number of hydrogen-bond donors (Lipinski definition) is 0. The molecular weight excluding hydrogens is 657 g/mol. The van der Waals surface area contributed by atoms with Crippen LogP contribution >= 0.6 is 0 Å². The van der Waals surface area contributed by atoms with Crippen molar-refractivity contribution in [3.63, 3.8) is 0 Å². The van der Waals surface area contributed by atoms with Gasteiger partial charge in [-0.15, -0.1) is 0 Å². The van der Waals surface area contributed by atoms with Gasteiger partial charge in [0.1, 0.15) is 22.5 Å². The molecule has 2 aromatic heterocycles. The SMILES string of the molecule is [2H]c1c([2H])c([2H])c2c(-c3ccc(-c4cccc5oc6cc7c(-c8ccccc8)c(-c8ccccc8)oc7cc6c45)cc3)c3c([2H])c([2H])c([2H])c([2H])c3c(-c3ccccc3)c2c1[2H]. The van der Waals surface area contributed by atoms with Crippen LogP contribution in [0.3, 0.4) is 0 Å². The highest BCUT2D eigenvalue weighted by Crippen LogP contribution is 2.47. The Morgan fingerprint density at radius 3 is 1.37 bits per heavy atom. The average molecular weight is 697 g/mol. The van der Waals surface area contributed by atoms with Crippen LogP contribution in [0.2, 0.25) is 0 Å². The third-order valence-electron chi connectivity index (χ3n) is 10.3. The highest BCUT2D eigenvalue weighted by Gasteiger charge is 2.22. The van der Waals surface area contributed by atoms with Crippen LogP contribution in [0, 0.1) is 0 Å². The number of fused-ring (bicyclic) bond motifs is 6. The summed E-state index contributed by atoms with van der Waals surface area (Å²) in [6, 6.07) is 43.9. The average Bonchev–Trinajstić information content (AvgIpc) is 3.88. The third-order valence-corrected chi connectivity index (χ3v) is 10.3. The van der Waals surface area contributed by atoms with E-state index in [1.165, 1.54) is 0 Å². The molecule has 0 spiro atoms. The fraction of sp³-hybridized carbons (Fsp3) is 0. The van der Waals surface area contributed by atoms with Gasteiger partial charge in [0, 0.05) is 27.3 Å². The molecule has 0 unspecified atom stereocenters. The molecular formula is C52H32O2. The Hall–Kier alpha value is -7.16. The van der Waals surface area contributed by atoms with Crippen LogP contribution < -0.4 is 0 Å². The van der Waals surface area contributed by atoms with Crippen LogP contribution in [0.1, 0.15) is 11.0 Å². The van der Waals surface area contributed by atoms with E-state index in [0.717, 1.165) is 55.3 Å². The number of hydrogen-bond acceptors (Lipinski definition) is 2. The van der Waals surface area contributed by atoms with Crippen molar-refractivity contribution in [2.24, 2.45) is 0 Å². The smallest absolute Gasteiger partial charge is 0.143 e. The van der Waals surface area contributed by atoms with Gasteiger partial charge >= 0.3 is 0 Å². The molecule has 0 amide bonds. The van der Waals surface area contributed by atoms with Crippen molar-refractivity contribution < 1.29 is 19.8 Å². The Morgan fingerprint density at radius 1 is 0.333 bits per heavy atom. The van der Waals surface area contributed by atoms with Crippen LogP contribution in [0.4, 0.5) is 0 Å². The minimum Gasteiger partial charge on any atom is -0.456 e. The second kappa shape index (κ2) is 12.2. The highest BCUT2D eigenvalue weighted by molar-refractivity contribution is 6.22. The van der Waals surface area contributed by atoms with Crippen molar-refractivity contribution >= 4 is 54.5 Å². The van der Waals surface area contributed by atoms with E-state index in [-0.39, 0.29) is 45.7 Å². The van der Waals surface area contributed by atoms with Gasteiger partial charge in [0.05, 0.1) is 11.0 Å². The lowest BCUT2D eigenvalue weighted by molar-refractivity contribution is 0.632. The van der Waals surface area contributed by atoms with Gasteiger partial charge in [0.25, 0.3) is 0 Å². The molecule has 0 N–H and O–H groups in total. The zero-order chi connectivity index (χ0) is 42.6. The molecule has 0 atom stereocenters. The summed E-state index contributed by atoms with van der Waals surface area (Å²) in [6.07, 6.45) is 0. The maximum atomic E-state index is 9.27. The molecule has 54 heavy (non-hydrogen) atoms. The summed E-state index contributed by atoms with van der Waals surface area (Å²) in [6.45, 7) is 0. The van der Waals surface area contributed by atoms with Gasteiger partial charge in [-0.25, -0.2) is 0 Å². The second-order valence-electron chi connectivity index (χ2n) is 13.4. The van der Waals surface area contributed by atoms with E-state index in [1.54, 1.807) is 24.3 Å². The first-order valence-corrected chi connectivity index (χ1v) is 17.8. The lowest BCUT2D eigenvalue weighted by atomic mass is 9.85. The van der Waals surface area contributed by atoms with Crippen LogP contribution in [0.25, 0.3) is 110 Å². The monoisotopic (exact) mass is 696 g/mol. The molecule has 2 heteroatoms. The molecule has 2 heterocycles. The molecule has 0 saturated heterocycles. The fourth-order valence-electron chi connectivity index (χ4n) is 7.96. The zero-order valence-corrected chi connectivity index (χ0v) is 28.7. The molecule has 11 rings (SSSR count). The van der Waals surface area contributed by atoms with Gasteiger partial charge in [0.2, 0.25) is 0 Å². The molecule has 0 aliphatic rings. The Morgan fingerprint density at radius 2 is 0.796 bits per heavy atom. The van der Waals surface area contributed by atoms with Crippen LogP contribution in [0.5, 0.6) is 0 Å². The van der Waals surface area contributed by atoms with Crippen molar-refractivity contribution in [2.45, 2.75) is 0 Å². The predicted octanol–water partition coefficient (Wildman–Crippen LogP) is 15.0. The van der Waals surface area contributed by atoms with Gasteiger partial charge in [-0.3, -0.25) is 0 Å². The summed E-state index contributed by atoms with van der Waals surface area (Å²) in [4.78, 5) is 0. The van der Waals surface area contributed by atoms with E-state index in [2.05, 4.69) is 18.2 Å². The molecule has 0 bridgehead atoms. The maximum Gasteiger partial charge on any atom is 0.143 e. The summed E-state index contributed by atoms with van der Waals surface area (Å²) < 4.78 is 85.1. The van der Waals surface area contributed by atoms with Crippen molar-refractivity contribution in [3.8, 4) is 55.8 Å². The first-order valence-electron chi connectivity index (χ1n) is 21.8.